The lowest BCUT2D eigenvalue weighted by Gasteiger charge is -2.34. The Morgan fingerprint density at radius 1 is 1.07 bits per heavy atom. The fourth-order valence-electron chi connectivity index (χ4n) is 4.42. The van der Waals surface area contributed by atoms with Gasteiger partial charge in [-0.05, 0) is 72.9 Å². The first-order chi connectivity index (χ1) is 13.1. The molecule has 1 aromatic carbocycles. The largest absolute Gasteiger partial charge is 0.481 e. The predicted octanol–water partition coefficient (Wildman–Crippen LogP) is 4.13. The molecule has 1 aromatic heterocycles. The van der Waals surface area contributed by atoms with Gasteiger partial charge in [0.15, 0.2) is 0 Å². The normalized spacial score (nSPS) is 21.9. The first kappa shape index (κ1) is 17.7. The van der Waals surface area contributed by atoms with Crippen LogP contribution in [0.4, 0.5) is 0 Å². The number of fused-ring (bicyclic) bond motifs is 1. The number of nitrogens with zero attached hydrogens (tertiary/aromatic N) is 2. The molecule has 1 N–H and O–H groups in total. The number of rotatable bonds is 5. The van der Waals surface area contributed by atoms with Gasteiger partial charge < -0.3 is 10.0 Å². The van der Waals surface area contributed by atoms with E-state index in [4.69, 9.17) is 5.11 Å². The molecule has 1 aliphatic carbocycles. The van der Waals surface area contributed by atoms with Crippen molar-refractivity contribution in [3.05, 3.63) is 53.9 Å². The topological polar surface area (TPSA) is 70.5 Å². The lowest BCUT2D eigenvalue weighted by molar-refractivity contribution is -0.137. The van der Waals surface area contributed by atoms with E-state index < -0.39 is 5.97 Å². The van der Waals surface area contributed by atoms with Gasteiger partial charge in [-0.1, -0.05) is 12.1 Å². The third-order valence-corrected chi connectivity index (χ3v) is 5.98. The van der Waals surface area contributed by atoms with Crippen molar-refractivity contribution >= 4 is 11.9 Å². The van der Waals surface area contributed by atoms with Crippen molar-refractivity contribution in [1.29, 1.82) is 0 Å². The summed E-state index contributed by atoms with van der Waals surface area (Å²) >= 11 is 0. The third kappa shape index (κ3) is 3.72. The fourth-order valence-corrected chi connectivity index (χ4v) is 4.42. The molecule has 27 heavy (non-hydrogen) atoms. The molecule has 140 valence electrons. The van der Waals surface area contributed by atoms with E-state index >= 15 is 0 Å². The molecule has 4 rings (SSSR count). The Kier molecular flexibility index (Phi) is 4.92. The van der Waals surface area contributed by atoms with Crippen LogP contribution in [0.2, 0.25) is 0 Å². The summed E-state index contributed by atoms with van der Waals surface area (Å²) in [5.74, 6) is -0.0992. The highest BCUT2D eigenvalue weighted by Crippen LogP contribution is 2.35. The van der Waals surface area contributed by atoms with Crippen molar-refractivity contribution in [2.24, 2.45) is 5.92 Å². The molecule has 1 saturated carbocycles. The summed E-state index contributed by atoms with van der Waals surface area (Å²) in [7, 11) is 0. The summed E-state index contributed by atoms with van der Waals surface area (Å²) in [5, 5.41) is 8.85. The Hall–Kier alpha value is -2.69. The van der Waals surface area contributed by atoms with Gasteiger partial charge >= 0.3 is 5.97 Å². The van der Waals surface area contributed by atoms with E-state index in [1.165, 1.54) is 0 Å². The van der Waals surface area contributed by atoms with Crippen molar-refractivity contribution in [2.45, 2.75) is 51.1 Å². The van der Waals surface area contributed by atoms with E-state index in [9.17, 15) is 9.59 Å². The van der Waals surface area contributed by atoms with Crippen LogP contribution < -0.4 is 0 Å². The van der Waals surface area contributed by atoms with Gasteiger partial charge in [0, 0.05) is 37.0 Å². The number of aromatic nitrogens is 1. The summed E-state index contributed by atoms with van der Waals surface area (Å²) in [6, 6.07) is 10.3. The molecular formula is C22H24N2O3. The summed E-state index contributed by atoms with van der Waals surface area (Å²) < 4.78 is 0. The lowest BCUT2D eigenvalue weighted by atomic mass is 9.83. The zero-order chi connectivity index (χ0) is 18.8. The van der Waals surface area contributed by atoms with Gasteiger partial charge in [-0.15, -0.1) is 0 Å². The molecule has 0 unspecified atom stereocenters. The number of pyridine rings is 1. The molecule has 0 atom stereocenters. The summed E-state index contributed by atoms with van der Waals surface area (Å²) in [5.41, 5.74) is 4.03. The van der Waals surface area contributed by atoms with E-state index in [1.807, 2.05) is 23.1 Å². The number of carbonyl (C=O) groups is 2. The minimum atomic E-state index is -0.715. The zero-order valence-corrected chi connectivity index (χ0v) is 15.3. The van der Waals surface area contributed by atoms with Crippen LogP contribution in [0.1, 0.15) is 54.4 Å². The summed E-state index contributed by atoms with van der Waals surface area (Å²) in [4.78, 5) is 29.8. The molecule has 1 amide bonds. The highest BCUT2D eigenvalue weighted by molar-refractivity contribution is 5.99. The highest BCUT2D eigenvalue weighted by Gasteiger charge is 2.35. The zero-order valence-electron chi connectivity index (χ0n) is 15.3. The van der Waals surface area contributed by atoms with Crippen molar-refractivity contribution in [3.8, 4) is 11.1 Å². The van der Waals surface area contributed by atoms with E-state index in [0.717, 1.165) is 54.4 Å². The molecular weight excluding hydrogens is 340 g/mol. The van der Waals surface area contributed by atoms with E-state index in [0.29, 0.717) is 12.5 Å². The first-order valence-electron chi connectivity index (χ1n) is 9.68. The van der Waals surface area contributed by atoms with E-state index in [2.05, 4.69) is 17.1 Å². The van der Waals surface area contributed by atoms with Crippen LogP contribution in [0.3, 0.4) is 0 Å². The number of hydrogen-bond acceptors (Lipinski definition) is 3. The van der Waals surface area contributed by atoms with Crippen LogP contribution in [0.15, 0.2) is 42.7 Å². The van der Waals surface area contributed by atoms with Crippen LogP contribution >= 0.6 is 0 Å². The third-order valence-electron chi connectivity index (χ3n) is 5.98. The first-order valence-corrected chi connectivity index (χ1v) is 9.68. The van der Waals surface area contributed by atoms with Gasteiger partial charge in [0.1, 0.15) is 0 Å². The van der Waals surface area contributed by atoms with Gasteiger partial charge in [0.2, 0.25) is 0 Å². The van der Waals surface area contributed by atoms with Crippen LogP contribution in [-0.2, 0) is 11.3 Å². The maximum atomic E-state index is 13.0. The van der Waals surface area contributed by atoms with Gasteiger partial charge in [0.25, 0.3) is 5.91 Å². The number of carboxylic acids is 1. The molecule has 0 spiro atoms. The Morgan fingerprint density at radius 3 is 2.52 bits per heavy atom. The quantitative estimate of drug-likeness (QED) is 0.866. The molecule has 0 radical (unpaired) electrons. The van der Waals surface area contributed by atoms with Gasteiger partial charge in [-0.2, -0.15) is 0 Å². The lowest BCUT2D eigenvalue weighted by Crippen LogP contribution is -2.38. The Morgan fingerprint density at radius 2 is 1.81 bits per heavy atom. The average Bonchev–Trinajstić information content (AvgIpc) is 3.03. The van der Waals surface area contributed by atoms with E-state index in [-0.39, 0.29) is 18.4 Å². The number of hydrogen-bond donors (Lipinski definition) is 1. The standard InChI is InChI=1S/C22H24N2O3/c25-21(26)8-3-15-1-6-19(7-2-15)24-14-18-5-4-17(13-20(18)22(24)27)16-9-11-23-12-10-16/h4-5,9-13,15,19H,1-3,6-8,14H2,(H,25,26). The Balaban J connectivity index is 1.43. The Bertz CT molecular complexity index is 842. The van der Waals surface area contributed by atoms with Crippen molar-refractivity contribution in [3.63, 3.8) is 0 Å². The highest BCUT2D eigenvalue weighted by atomic mass is 16.4. The fraction of sp³-hybridized carbons (Fsp3) is 0.409. The minimum Gasteiger partial charge on any atom is -0.481 e. The number of carboxylic acid groups (broad SMARTS) is 1. The van der Waals surface area contributed by atoms with Gasteiger partial charge in [0.05, 0.1) is 0 Å². The van der Waals surface area contributed by atoms with Crippen molar-refractivity contribution < 1.29 is 14.7 Å². The summed E-state index contributed by atoms with van der Waals surface area (Å²) in [6.45, 7) is 0.690. The smallest absolute Gasteiger partial charge is 0.303 e. The van der Waals surface area contributed by atoms with E-state index in [1.54, 1.807) is 12.4 Å². The van der Waals surface area contributed by atoms with Crippen molar-refractivity contribution in [1.82, 2.24) is 9.88 Å². The monoisotopic (exact) mass is 364 g/mol. The maximum Gasteiger partial charge on any atom is 0.303 e. The van der Waals surface area contributed by atoms with Crippen LogP contribution in [0, 0.1) is 5.92 Å². The minimum absolute atomic E-state index is 0.134. The van der Waals surface area contributed by atoms with Gasteiger partial charge in [-0.25, -0.2) is 0 Å². The molecule has 0 saturated heterocycles. The maximum absolute atomic E-state index is 13.0. The van der Waals surface area contributed by atoms with Crippen LogP contribution in [-0.4, -0.2) is 32.9 Å². The molecule has 5 nitrogen and oxygen atoms in total. The predicted molar refractivity (Wildman–Crippen MR) is 102 cm³/mol. The molecule has 0 bridgehead atoms. The number of aliphatic carboxylic acids is 1. The van der Waals surface area contributed by atoms with Crippen molar-refractivity contribution in [2.75, 3.05) is 0 Å². The molecule has 2 heterocycles. The average molecular weight is 364 g/mol. The second-order valence-electron chi connectivity index (χ2n) is 7.65. The van der Waals surface area contributed by atoms with Crippen LogP contribution in [0.5, 0.6) is 0 Å². The number of carbonyl (C=O) groups excluding carboxylic acids is 1. The molecule has 2 aliphatic rings. The van der Waals surface area contributed by atoms with Gasteiger partial charge in [-0.3, -0.25) is 14.6 Å². The number of benzene rings is 1. The molecule has 1 fully saturated rings. The SMILES string of the molecule is O=C(O)CCC1CCC(N2Cc3ccc(-c4ccncc4)cc3C2=O)CC1. The second kappa shape index (κ2) is 7.51. The number of amides is 1. The van der Waals surface area contributed by atoms with Crippen LogP contribution in [0.25, 0.3) is 11.1 Å². The molecule has 1 aliphatic heterocycles. The molecule has 5 heteroatoms. The Labute approximate surface area is 159 Å². The summed E-state index contributed by atoms with van der Waals surface area (Å²) in [6.07, 6.45) is 8.51. The molecule has 2 aromatic rings. The second-order valence-corrected chi connectivity index (χ2v) is 7.65.